The fourth-order valence-corrected chi connectivity index (χ4v) is 7.30. The van der Waals surface area contributed by atoms with Gasteiger partial charge in [-0.1, -0.05) is 48.9 Å². The molecule has 240 valence electrons. The highest BCUT2D eigenvalue weighted by atomic mass is 32.2. The summed E-state index contributed by atoms with van der Waals surface area (Å²) in [5.74, 6) is -2.66. The van der Waals surface area contributed by atoms with Crippen molar-refractivity contribution in [3.63, 3.8) is 0 Å². The summed E-state index contributed by atoms with van der Waals surface area (Å²) in [6.45, 7) is 7.96. The molecule has 0 radical (unpaired) electrons. The highest BCUT2D eigenvalue weighted by Gasteiger charge is 2.62. The van der Waals surface area contributed by atoms with Crippen LogP contribution >= 0.6 is 0 Å². The number of rotatable bonds is 16. The van der Waals surface area contributed by atoms with Crippen molar-refractivity contribution in [3.05, 3.63) is 67.9 Å². The molecule has 1 aromatic carbocycles. The average molecular weight is 636 g/mol. The summed E-state index contributed by atoms with van der Waals surface area (Å²) in [5.41, 5.74) is -0.603. The van der Waals surface area contributed by atoms with E-state index in [0.717, 1.165) is 31.2 Å². The van der Waals surface area contributed by atoms with E-state index in [1.807, 2.05) is 36.4 Å². The molecule has 0 saturated heterocycles. The average Bonchev–Trinajstić information content (AvgIpc) is 3.96. The zero-order valence-corrected chi connectivity index (χ0v) is 26.1. The lowest BCUT2D eigenvalue weighted by Gasteiger charge is -2.23. The maximum Gasteiger partial charge on any atom is 0.259 e. The van der Waals surface area contributed by atoms with Crippen LogP contribution in [0.5, 0.6) is 5.88 Å². The molecule has 3 fully saturated rings. The Kier molecular flexibility index (Phi) is 10.0. The third-order valence-electron chi connectivity index (χ3n) is 8.78. The summed E-state index contributed by atoms with van der Waals surface area (Å²) in [6.07, 6.45) is 9.85. The number of hydrogen-bond donors (Lipinski definition) is 3. The first-order valence-corrected chi connectivity index (χ1v) is 17.2. The number of unbranched alkanes of at least 4 members (excludes halogenated alkanes) is 3. The van der Waals surface area contributed by atoms with Crippen LogP contribution < -0.4 is 20.1 Å². The first-order chi connectivity index (χ1) is 21.7. The Balaban J connectivity index is 1.29. The van der Waals surface area contributed by atoms with Gasteiger partial charge < -0.3 is 15.4 Å². The lowest BCUT2D eigenvalue weighted by Crippen LogP contribution is -2.54. The smallest absolute Gasteiger partial charge is 0.259 e. The molecule has 5 rings (SSSR count). The minimum Gasteiger partial charge on any atom is -0.474 e. The summed E-state index contributed by atoms with van der Waals surface area (Å²) < 4.78 is 33.4. The fraction of sp³-hybridized carbons (Fsp3) is 0.485. The van der Waals surface area contributed by atoms with Gasteiger partial charge in [-0.15, -0.1) is 13.2 Å². The van der Waals surface area contributed by atoms with Crippen molar-refractivity contribution in [1.82, 2.24) is 25.3 Å². The standard InChI is InChI=1S/C33H41N5O6S/c1-3-5-6-7-11-17-35-30(39)26-19-24(44-28-16-18-34-29(36-28)22-12-9-8-10-13-22)20-27(26)31(40)37-33(21-23(33)4-2)32(41)38-45(42,43)25-14-15-25/h3-4,8-10,12-13,16,18,23-27H,1-2,5-7,11,14-15,17,19-21H2,(H,35,39)(H,37,40)(H,38,41). The van der Waals surface area contributed by atoms with Gasteiger partial charge in [0, 0.05) is 30.3 Å². The van der Waals surface area contributed by atoms with Crippen molar-refractivity contribution in [2.45, 2.75) is 74.7 Å². The van der Waals surface area contributed by atoms with Gasteiger partial charge in [0.05, 0.1) is 17.1 Å². The Morgan fingerprint density at radius 3 is 2.40 bits per heavy atom. The van der Waals surface area contributed by atoms with E-state index >= 15 is 0 Å². The summed E-state index contributed by atoms with van der Waals surface area (Å²) in [7, 11) is -3.81. The molecule has 1 aromatic heterocycles. The van der Waals surface area contributed by atoms with E-state index in [-0.39, 0.29) is 25.2 Å². The number of amides is 3. The molecule has 45 heavy (non-hydrogen) atoms. The second kappa shape index (κ2) is 13.9. The molecule has 3 amide bonds. The van der Waals surface area contributed by atoms with Gasteiger partial charge in [-0.25, -0.2) is 13.4 Å². The van der Waals surface area contributed by atoms with Gasteiger partial charge in [-0.3, -0.25) is 19.1 Å². The van der Waals surface area contributed by atoms with Gasteiger partial charge in [-0.05, 0) is 51.4 Å². The second-order valence-electron chi connectivity index (χ2n) is 12.1. The third-order valence-corrected chi connectivity index (χ3v) is 10.6. The highest BCUT2D eigenvalue weighted by molar-refractivity contribution is 7.91. The number of nitrogens with one attached hydrogen (secondary N) is 3. The normalized spacial score (nSPS) is 25.5. The van der Waals surface area contributed by atoms with E-state index in [1.54, 1.807) is 18.3 Å². The molecule has 3 N–H and O–H groups in total. The molecule has 0 aliphatic heterocycles. The first kappa shape index (κ1) is 32.3. The van der Waals surface area contributed by atoms with E-state index in [1.165, 1.54) is 0 Å². The maximum atomic E-state index is 13.8. The van der Waals surface area contributed by atoms with Crippen LogP contribution in [0.25, 0.3) is 11.4 Å². The summed E-state index contributed by atoms with van der Waals surface area (Å²) in [4.78, 5) is 49.4. The van der Waals surface area contributed by atoms with E-state index in [0.29, 0.717) is 31.1 Å². The number of nitrogens with zero attached hydrogens (tertiary/aromatic N) is 2. The molecule has 0 bridgehead atoms. The summed E-state index contributed by atoms with van der Waals surface area (Å²) in [5, 5.41) is 5.21. The topological polar surface area (TPSA) is 156 Å². The SMILES string of the molecule is C=CCCCCCNC(=O)C1CC(Oc2ccnc(-c3ccccc3)n2)CC1C(=O)NC1(C(=O)NS(=O)(=O)C2CC2)CC1C=C. The van der Waals surface area contributed by atoms with Crippen LogP contribution in [0.15, 0.2) is 67.9 Å². The number of carbonyl (C=O) groups is 3. The van der Waals surface area contributed by atoms with Gasteiger partial charge >= 0.3 is 0 Å². The van der Waals surface area contributed by atoms with Crippen LogP contribution in [0.2, 0.25) is 0 Å². The van der Waals surface area contributed by atoms with Crippen molar-refractivity contribution < 1.29 is 27.5 Å². The summed E-state index contributed by atoms with van der Waals surface area (Å²) >= 11 is 0. The van der Waals surface area contributed by atoms with E-state index in [4.69, 9.17) is 4.74 Å². The highest BCUT2D eigenvalue weighted by Crippen LogP contribution is 2.46. The van der Waals surface area contributed by atoms with Crippen LogP contribution in [0.3, 0.4) is 0 Å². The lowest BCUT2D eigenvalue weighted by atomic mass is 9.93. The molecule has 5 unspecified atom stereocenters. The number of hydrogen-bond acceptors (Lipinski definition) is 8. The van der Waals surface area contributed by atoms with Crippen molar-refractivity contribution in [1.29, 1.82) is 0 Å². The van der Waals surface area contributed by atoms with Gasteiger partial charge in [0.25, 0.3) is 5.91 Å². The Labute approximate surface area is 264 Å². The number of sulfonamides is 1. The Morgan fingerprint density at radius 2 is 1.73 bits per heavy atom. The molecule has 3 saturated carbocycles. The number of allylic oxidation sites excluding steroid dienone is 1. The largest absolute Gasteiger partial charge is 0.474 e. The molecular formula is C33H41N5O6S. The number of ether oxygens (including phenoxy) is 1. The van der Waals surface area contributed by atoms with Crippen LogP contribution in [-0.4, -0.2) is 59.5 Å². The van der Waals surface area contributed by atoms with Gasteiger partial charge in [0.15, 0.2) is 5.82 Å². The van der Waals surface area contributed by atoms with E-state index in [9.17, 15) is 22.8 Å². The van der Waals surface area contributed by atoms with E-state index < -0.39 is 56.5 Å². The fourth-order valence-electron chi connectivity index (χ4n) is 5.93. The molecule has 0 spiro atoms. The van der Waals surface area contributed by atoms with Crippen molar-refractivity contribution in [3.8, 4) is 17.3 Å². The Bertz CT molecular complexity index is 1530. The monoisotopic (exact) mass is 635 g/mol. The molecular weight excluding hydrogens is 594 g/mol. The third kappa shape index (κ3) is 7.78. The zero-order chi connectivity index (χ0) is 32.0. The van der Waals surface area contributed by atoms with Gasteiger partial charge in [-0.2, -0.15) is 4.98 Å². The predicted octanol–water partition coefficient (Wildman–Crippen LogP) is 3.45. The molecule has 3 aliphatic carbocycles. The Morgan fingerprint density at radius 1 is 1.00 bits per heavy atom. The van der Waals surface area contributed by atoms with E-state index in [2.05, 4.69) is 38.5 Å². The van der Waals surface area contributed by atoms with Crippen molar-refractivity contribution >= 4 is 27.7 Å². The maximum absolute atomic E-state index is 13.8. The molecule has 12 heteroatoms. The van der Waals surface area contributed by atoms with Gasteiger partial charge in [0.2, 0.25) is 27.7 Å². The first-order valence-electron chi connectivity index (χ1n) is 15.6. The van der Waals surface area contributed by atoms with Crippen molar-refractivity contribution in [2.75, 3.05) is 6.54 Å². The second-order valence-corrected chi connectivity index (χ2v) is 14.1. The van der Waals surface area contributed by atoms with Crippen LogP contribution in [-0.2, 0) is 24.4 Å². The van der Waals surface area contributed by atoms with Crippen molar-refractivity contribution in [2.24, 2.45) is 17.8 Å². The summed E-state index contributed by atoms with van der Waals surface area (Å²) in [6, 6.07) is 11.1. The minimum atomic E-state index is -3.81. The molecule has 2 aromatic rings. The zero-order valence-electron chi connectivity index (χ0n) is 25.3. The Hall–Kier alpha value is -4.06. The predicted molar refractivity (Wildman–Crippen MR) is 169 cm³/mol. The number of carbonyl (C=O) groups excluding carboxylic acids is 3. The van der Waals surface area contributed by atoms with Crippen LogP contribution in [0.4, 0.5) is 0 Å². The van der Waals surface area contributed by atoms with Crippen LogP contribution in [0, 0.1) is 17.8 Å². The molecule has 1 heterocycles. The number of benzene rings is 1. The quantitative estimate of drug-likeness (QED) is 0.187. The van der Waals surface area contributed by atoms with Crippen LogP contribution in [0.1, 0.15) is 57.8 Å². The minimum absolute atomic E-state index is 0.213. The molecule has 5 atom stereocenters. The molecule has 11 nitrogen and oxygen atoms in total. The van der Waals surface area contributed by atoms with Gasteiger partial charge in [0.1, 0.15) is 11.6 Å². The molecule has 3 aliphatic rings. The number of aromatic nitrogens is 2. The lowest BCUT2D eigenvalue weighted by molar-refractivity contribution is -0.136.